The molecule has 152 valence electrons. The molecule has 0 atom stereocenters. The molecule has 1 N–H and O–H groups in total. The molecule has 4 aromatic rings. The molecule has 2 heterocycles. The summed E-state index contributed by atoms with van der Waals surface area (Å²) in [5, 5.41) is 12.3. The molecule has 0 spiro atoms. The first-order valence-corrected chi connectivity index (χ1v) is 10.7. The molecule has 0 aliphatic carbocycles. The Morgan fingerprint density at radius 3 is 2.33 bits per heavy atom. The van der Waals surface area contributed by atoms with Gasteiger partial charge in [0.1, 0.15) is 0 Å². The first-order chi connectivity index (χ1) is 14.5. The topological polar surface area (TPSA) is 64.7 Å². The van der Waals surface area contributed by atoms with Crippen LogP contribution in [0.2, 0.25) is 0 Å². The van der Waals surface area contributed by atoms with Crippen molar-refractivity contribution in [1.29, 1.82) is 0 Å². The Bertz CT molecular complexity index is 1210. The molecular weight excluding hydrogens is 394 g/mol. The van der Waals surface area contributed by atoms with Gasteiger partial charge in [-0.15, -0.1) is 10.2 Å². The maximum Gasteiger partial charge on any atom is 0.316 e. The Labute approximate surface area is 179 Å². The molecule has 0 unspecified atom stereocenters. The second-order valence-corrected chi connectivity index (χ2v) is 8.12. The monoisotopic (exact) mass is 417 g/mol. The maximum atomic E-state index is 13.3. The highest BCUT2D eigenvalue weighted by atomic mass is 32.2. The average molecular weight is 418 g/mol. The number of nitrogens with zero attached hydrogens (tertiary/aromatic N) is 4. The number of thioether (sulfide) groups is 1. The Balaban J connectivity index is 1.71. The molecule has 0 amide bonds. The van der Waals surface area contributed by atoms with Crippen molar-refractivity contribution in [3.05, 3.63) is 99.6 Å². The third-order valence-electron chi connectivity index (χ3n) is 4.81. The zero-order valence-electron chi connectivity index (χ0n) is 17.2. The van der Waals surface area contributed by atoms with Gasteiger partial charge in [-0.05, 0) is 49.6 Å². The molecule has 0 fully saturated rings. The lowest BCUT2D eigenvalue weighted by molar-refractivity contribution is 0.533. The number of nitrogens with one attached hydrogen (secondary N) is 1. The van der Waals surface area contributed by atoms with Crippen molar-refractivity contribution in [2.24, 2.45) is 0 Å². The maximum absolute atomic E-state index is 13.3. The molecular formula is C23H23N5OS. The Hall–Kier alpha value is -3.32. The molecule has 0 saturated carbocycles. The van der Waals surface area contributed by atoms with Crippen LogP contribution in [-0.4, -0.2) is 19.5 Å². The molecule has 2 aromatic heterocycles. The lowest BCUT2D eigenvalue weighted by Crippen LogP contribution is -2.30. The highest BCUT2D eigenvalue weighted by Crippen LogP contribution is 2.24. The van der Waals surface area contributed by atoms with Crippen LogP contribution in [0.25, 0.3) is 0 Å². The molecule has 0 aliphatic rings. The van der Waals surface area contributed by atoms with Crippen molar-refractivity contribution in [2.75, 3.05) is 5.32 Å². The van der Waals surface area contributed by atoms with E-state index in [1.165, 1.54) is 22.9 Å². The minimum atomic E-state index is -0.254. The zero-order chi connectivity index (χ0) is 21.1. The van der Waals surface area contributed by atoms with Crippen LogP contribution >= 0.6 is 11.8 Å². The molecule has 0 bridgehead atoms. The number of hydrogen-bond donors (Lipinski definition) is 1. The van der Waals surface area contributed by atoms with Crippen molar-refractivity contribution in [2.45, 2.75) is 31.7 Å². The summed E-state index contributed by atoms with van der Waals surface area (Å²) in [6.45, 7) is 6.07. The Morgan fingerprint density at radius 2 is 1.63 bits per heavy atom. The van der Waals surface area contributed by atoms with Gasteiger partial charge >= 0.3 is 5.56 Å². The largest absolute Gasteiger partial charge is 0.334 e. The van der Waals surface area contributed by atoms with Gasteiger partial charge in [-0.1, -0.05) is 59.8 Å². The lowest BCUT2D eigenvalue weighted by Gasteiger charge is -2.15. The summed E-state index contributed by atoms with van der Waals surface area (Å²) < 4.78 is 3.27. The van der Waals surface area contributed by atoms with Gasteiger partial charge in [0.15, 0.2) is 0 Å². The fourth-order valence-corrected chi connectivity index (χ4v) is 4.15. The van der Waals surface area contributed by atoms with Gasteiger partial charge in [0.25, 0.3) is 0 Å². The number of aromatic nitrogens is 4. The molecule has 0 aliphatic heterocycles. The fraction of sp³-hybridized carbons (Fsp3) is 0.174. The summed E-state index contributed by atoms with van der Waals surface area (Å²) in [7, 11) is 0. The molecule has 7 heteroatoms. The van der Waals surface area contributed by atoms with E-state index in [0.29, 0.717) is 10.9 Å². The van der Waals surface area contributed by atoms with Crippen LogP contribution < -0.4 is 10.9 Å². The normalized spacial score (nSPS) is 10.9. The minimum Gasteiger partial charge on any atom is -0.334 e. The minimum absolute atomic E-state index is 0.195. The third kappa shape index (κ3) is 4.16. The summed E-state index contributed by atoms with van der Waals surface area (Å²) in [5.74, 6) is 0.891. The highest BCUT2D eigenvalue weighted by molar-refractivity contribution is 7.98. The summed E-state index contributed by atoms with van der Waals surface area (Å²) in [6.07, 6.45) is 3.64. The first kappa shape index (κ1) is 20.0. The molecule has 2 aromatic carbocycles. The van der Waals surface area contributed by atoms with Gasteiger partial charge in [-0.3, -0.25) is 9.47 Å². The zero-order valence-corrected chi connectivity index (χ0v) is 18.0. The number of benzene rings is 2. The predicted molar refractivity (Wildman–Crippen MR) is 121 cm³/mol. The van der Waals surface area contributed by atoms with Crippen LogP contribution in [0, 0.1) is 20.8 Å². The Kier molecular flexibility index (Phi) is 5.72. The SMILES string of the molecule is Cc1cccc(CSc2nnc(Nc3c(C)cccc3C)c(=O)n2-n2cccc2)c1. The van der Waals surface area contributed by atoms with Crippen molar-refractivity contribution in [3.63, 3.8) is 0 Å². The predicted octanol–water partition coefficient (Wildman–Crippen LogP) is 4.71. The second kappa shape index (κ2) is 8.59. The van der Waals surface area contributed by atoms with E-state index in [4.69, 9.17) is 0 Å². The van der Waals surface area contributed by atoms with E-state index >= 15 is 0 Å². The van der Waals surface area contributed by atoms with Crippen LogP contribution in [-0.2, 0) is 5.75 Å². The van der Waals surface area contributed by atoms with Crippen molar-refractivity contribution in [3.8, 4) is 0 Å². The summed E-state index contributed by atoms with van der Waals surface area (Å²) in [5.41, 5.74) is 5.09. The van der Waals surface area contributed by atoms with E-state index in [1.807, 2.05) is 62.6 Å². The standard InChI is InChI=1S/C23H23N5OS/c1-16-8-6-11-19(14-16)15-30-23-26-25-21(22(29)28(23)27-12-4-5-13-27)24-20-17(2)9-7-10-18(20)3/h4-14H,15H2,1-3H3,(H,24,25). The van der Waals surface area contributed by atoms with E-state index in [2.05, 4.69) is 40.6 Å². The molecule has 6 nitrogen and oxygen atoms in total. The lowest BCUT2D eigenvalue weighted by atomic mass is 10.1. The smallest absolute Gasteiger partial charge is 0.316 e. The number of rotatable bonds is 6. The van der Waals surface area contributed by atoms with E-state index in [9.17, 15) is 4.79 Å². The van der Waals surface area contributed by atoms with Crippen molar-refractivity contribution in [1.82, 2.24) is 19.5 Å². The number of para-hydroxylation sites is 1. The van der Waals surface area contributed by atoms with Gasteiger partial charge in [0.2, 0.25) is 11.0 Å². The first-order valence-electron chi connectivity index (χ1n) is 9.68. The molecule has 30 heavy (non-hydrogen) atoms. The Morgan fingerprint density at radius 1 is 0.933 bits per heavy atom. The summed E-state index contributed by atoms with van der Waals surface area (Å²) in [6, 6.07) is 18.0. The third-order valence-corrected chi connectivity index (χ3v) is 5.80. The van der Waals surface area contributed by atoms with Crippen LogP contribution in [0.15, 0.2) is 76.9 Å². The van der Waals surface area contributed by atoms with Crippen molar-refractivity contribution < 1.29 is 0 Å². The van der Waals surface area contributed by atoms with Crippen molar-refractivity contribution >= 4 is 23.3 Å². The molecule has 4 rings (SSSR count). The van der Waals surface area contributed by atoms with E-state index in [1.54, 1.807) is 9.35 Å². The van der Waals surface area contributed by atoms with Gasteiger partial charge < -0.3 is 5.32 Å². The number of hydrogen-bond acceptors (Lipinski definition) is 5. The summed E-state index contributed by atoms with van der Waals surface area (Å²) in [4.78, 5) is 13.3. The van der Waals surface area contributed by atoms with Crippen LogP contribution in [0.5, 0.6) is 0 Å². The van der Waals surface area contributed by atoms with Gasteiger partial charge in [0.05, 0.1) is 0 Å². The van der Waals surface area contributed by atoms with Crippen LogP contribution in [0.1, 0.15) is 22.3 Å². The quantitative estimate of drug-likeness (QED) is 0.460. The van der Waals surface area contributed by atoms with Crippen LogP contribution in [0.4, 0.5) is 11.5 Å². The average Bonchev–Trinajstić information content (AvgIpc) is 3.25. The molecule has 0 radical (unpaired) electrons. The second-order valence-electron chi connectivity index (χ2n) is 7.18. The number of anilines is 2. The van der Waals surface area contributed by atoms with Gasteiger partial charge in [-0.2, -0.15) is 4.68 Å². The number of aryl methyl sites for hydroxylation is 3. The molecule has 0 saturated heterocycles. The fourth-order valence-electron chi connectivity index (χ4n) is 3.28. The van der Waals surface area contributed by atoms with E-state index < -0.39 is 0 Å². The van der Waals surface area contributed by atoms with Gasteiger partial charge in [-0.25, -0.2) is 0 Å². The van der Waals surface area contributed by atoms with Gasteiger partial charge in [0, 0.05) is 23.8 Å². The van der Waals surface area contributed by atoms with Crippen LogP contribution in [0.3, 0.4) is 0 Å². The highest BCUT2D eigenvalue weighted by Gasteiger charge is 2.16. The van der Waals surface area contributed by atoms with E-state index in [0.717, 1.165) is 16.8 Å². The van der Waals surface area contributed by atoms with E-state index in [-0.39, 0.29) is 11.4 Å². The summed E-state index contributed by atoms with van der Waals surface area (Å²) >= 11 is 1.48.